The third-order valence-electron chi connectivity index (χ3n) is 5.90. The predicted octanol–water partition coefficient (Wildman–Crippen LogP) is 10.2. The van der Waals surface area contributed by atoms with Crippen molar-refractivity contribution in [2.75, 3.05) is 0 Å². The van der Waals surface area contributed by atoms with Crippen LogP contribution in [0.4, 0.5) is 0 Å². The highest BCUT2D eigenvalue weighted by Crippen LogP contribution is 2.15. The van der Waals surface area contributed by atoms with Gasteiger partial charge in [0.1, 0.15) is 0 Å². The van der Waals surface area contributed by atoms with Crippen LogP contribution in [0.15, 0.2) is 6.08 Å². The highest BCUT2D eigenvalue weighted by atomic mass is 14.0. The Kier molecular flexibility index (Phi) is 23.5. The fraction of sp³-hybridized carbons (Fsp3) is 0.926. The maximum Gasteiger partial charge on any atom is -0.0348 e. The summed E-state index contributed by atoms with van der Waals surface area (Å²) in [5.41, 5.74) is 0. The molecule has 0 saturated heterocycles. The molecular formula is C27H53. The fourth-order valence-corrected chi connectivity index (χ4v) is 4.00. The zero-order valence-electron chi connectivity index (χ0n) is 19.3. The number of hydrogen-bond donors (Lipinski definition) is 0. The molecule has 0 N–H and O–H groups in total. The lowest BCUT2D eigenvalue weighted by Gasteiger charge is -2.05. The Morgan fingerprint density at radius 3 is 0.963 bits per heavy atom. The standard InChI is InChI=1S/C27H53/c1-4-5-6-7-8-9-10-11-12-13-14-15-16-17-18-19-20-21-22-23-24-25-26-27(2)3/h1,4,27H,5-26H2,2-3H3. The van der Waals surface area contributed by atoms with Crippen molar-refractivity contribution in [3.63, 3.8) is 0 Å². The van der Waals surface area contributed by atoms with Crippen LogP contribution in [-0.4, -0.2) is 0 Å². The molecule has 0 aromatic carbocycles. The third kappa shape index (κ3) is 25.7. The number of rotatable bonds is 23. The lowest BCUT2D eigenvalue weighted by molar-refractivity contribution is 0.501. The molecule has 0 aliphatic carbocycles. The minimum absolute atomic E-state index is 0.894. The first-order valence-corrected chi connectivity index (χ1v) is 12.8. The van der Waals surface area contributed by atoms with Gasteiger partial charge in [-0.2, -0.15) is 0 Å². The lowest BCUT2D eigenvalue weighted by Crippen LogP contribution is -1.87. The Labute approximate surface area is 174 Å². The second-order valence-electron chi connectivity index (χ2n) is 9.28. The van der Waals surface area contributed by atoms with Gasteiger partial charge in [0.25, 0.3) is 0 Å². The number of unbranched alkanes of at least 4 members (excludes halogenated alkanes) is 20. The zero-order valence-corrected chi connectivity index (χ0v) is 19.3. The van der Waals surface area contributed by atoms with Crippen LogP contribution in [0, 0.1) is 12.5 Å². The first-order valence-electron chi connectivity index (χ1n) is 12.8. The average Bonchev–Trinajstić information content (AvgIpc) is 2.65. The summed E-state index contributed by atoms with van der Waals surface area (Å²) in [7, 11) is 0. The van der Waals surface area contributed by atoms with Gasteiger partial charge in [0.2, 0.25) is 0 Å². The molecule has 0 spiro atoms. The lowest BCUT2D eigenvalue weighted by atomic mass is 10.0. The average molecular weight is 378 g/mol. The molecule has 0 saturated carbocycles. The molecule has 0 bridgehead atoms. The largest absolute Gasteiger partial charge is 0.0845 e. The summed E-state index contributed by atoms with van der Waals surface area (Å²) in [6.45, 7) is 10.1. The molecule has 0 aliphatic rings. The van der Waals surface area contributed by atoms with Crippen LogP contribution in [-0.2, 0) is 0 Å². The summed E-state index contributed by atoms with van der Waals surface area (Å²) in [6, 6.07) is 0. The van der Waals surface area contributed by atoms with Gasteiger partial charge >= 0.3 is 0 Å². The number of allylic oxidation sites excluding steroid dienone is 1. The molecule has 27 heavy (non-hydrogen) atoms. The summed E-state index contributed by atoms with van der Waals surface area (Å²) < 4.78 is 0. The molecule has 161 valence electrons. The van der Waals surface area contributed by atoms with E-state index in [0.29, 0.717) is 0 Å². The molecule has 0 heteroatoms. The van der Waals surface area contributed by atoms with E-state index in [4.69, 9.17) is 6.58 Å². The van der Waals surface area contributed by atoms with Gasteiger partial charge in [-0.1, -0.05) is 155 Å². The van der Waals surface area contributed by atoms with Crippen LogP contribution in [0.5, 0.6) is 0 Å². The van der Waals surface area contributed by atoms with Gasteiger partial charge in [-0.25, -0.2) is 0 Å². The van der Waals surface area contributed by atoms with Crippen molar-refractivity contribution in [3.8, 4) is 0 Å². The predicted molar refractivity (Wildman–Crippen MR) is 125 cm³/mol. The van der Waals surface area contributed by atoms with Crippen molar-refractivity contribution in [2.45, 2.75) is 155 Å². The molecule has 0 heterocycles. The van der Waals surface area contributed by atoms with Crippen LogP contribution in [0.2, 0.25) is 0 Å². The van der Waals surface area contributed by atoms with Crippen LogP contribution in [0.3, 0.4) is 0 Å². The monoisotopic (exact) mass is 377 g/mol. The quantitative estimate of drug-likeness (QED) is 0.155. The highest BCUT2D eigenvalue weighted by molar-refractivity contribution is 4.61. The topological polar surface area (TPSA) is 0 Å². The van der Waals surface area contributed by atoms with E-state index in [2.05, 4.69) is 13.8 Å². The van der Waals surface area contributed by atoms with Crippen molar-refractivity contribution in [3.05, 3.63) is 12.7 Å². The van der Waals surface area contributed by atoms with E-state index in [1.165, 1.54) is 135 Å². The van der Waals surface area contributed by atoms with Crippen molar-refractivity contribution in [1.82, 2.24) is 0 Å². The Morgan fingerprint density at radius 1 is 0.444 bits per heavy atom. The van der Waals surface area contributed by atoms with E-state index in [1.54, 1.807) is 6.08 Å². The maximum absolute atomic E-state index is 5.40. The van der Waals surface area contributed by atoms with Gasteiger partial charge in [-0.3, -0.25) is 0 Å². The molecule has 0 rings (SSSR count). The molecule has 1 radical (unpaired) electrons. The van der Waals surface area contributed by atoms with Crippen LogP contribution < -0.4 is 0 Å². The van der Waals surface area contributed by atoms with Crippen LogP contribution in [0.25, 0.3) is 0 Å². The van der Waals surface area contributed by atoms with Gasteiger partial charge < -0.3 is 0 Å². The van der Waals surface area contributed by atoms with Crippen molar-refractivity contribution >= 4 is 0 Å². The highest BCUT2D eigenvalue weighted by Gasteiger charge is 1.96. The van der Waals surface area contributed by atoms with Gasteiger partial charge in [-0.05, 0) is 18.8 Å². The molecule has 0 aliphatic heterocycles. The summed E-state index contributed by atoms with van der Waals surface area (Å²) in [5, 5.41) is 0. The molecule has 0 fully saturated rings. The Morgan fingerprint density at radius 2 is 0.704 bits per heavy atom. The molecule has 0 nitrogen and oxygen atoms in total. The van der Waals surface area contributed by atoms with Gasteiger partial charge in [0, 0.05) is 0 Å². The van der Waals surface area contributed by atoms with Crippen LogP contribution >= 0.6 is 0 Å². The smallest absolute Gasteiger partial charge is 0.0348 e. The SMILES string of the molecule is [CH]=CCCCCCCCCCCCCCCCCCCCCCCC(C)C. The molecular weight excluding hydrogens is 324 g/mol. The van der Waals surface area contributed by atoms with E-state index in [1.807, 2.05) is 0 Å². The summed E-state index contributed by atoms with van der Waals surface area (Å²) >= 11 is 0. The Bertz CT molecular complexity index is 265. The third-order valence-corrected chi connectivity index (χ3v) is 5.90. The summed E-state index contributed by atoms with van der Waals surface area (Å²) in [6.07, 6.45) is 33.4. The van der Waals surface area contributed by atoms with Crippen molar-refractivity contribution < 1.29 is 0 Å². The van der Waals surface area contributed by atoms with Gasteiger partial charge in [0.05, 0.1) is 0 Å². The Balaban J connectivity index is 2.98. The first-order chi connectivity index (χ1) is 13.3. The fourth-order valence-electron chi connectivity index (χ4n) is 4.00. The molecule has 0 aromatic rings. The van der Waals surface area contributed by atoms with E-state index < -0.39 is 0 Å². The van der Waals surface area contributed by atoms with Crippen molar-refractivity contribution in [2.24, 2.45) is 5.92 Å². The summed E-state index contributed by atoms with van der Waals surface area (Å²) in [5.74, 6) is 0.894. The van der Waals surface area contributed by atoms with E-state index >= 15 is 0 Å². The second-order valence-corrected chi connectivity index (χ2v) is 9.28. The molecule has 0 aromatic heterocycles. The number of hydrogen-bond acceptors (Lipinski definition) is 0. The zero-order chi connectivity index (χ0) is 19.8. The minimum Gasteiger partial charge on any atom is -0.0845 e. The van der Waals surface area contributed by atoms with Gasteiger partial charge in [0.15, 0.2) is 0 Å². The maximum atomic E-state index is 5.40. The molecule has 0 amide bonds. The van der Waals surface area contributed by atoms with Crippen molar-refractivity contribution in [1.29, 1.82) is 0 Å². The normalized spacial score (nSPS) is 11.4. The van der Waals surface area contributed by atoms with E-state index in [9.17, 15) is 0 Å². The first kappa shape index (κ1) is 26.7. The Hall–Kier alpha value is -0.260. The molecule has 0 atom stereocenters. The minimum atomic E-state index is 0.894. The summed E-state index contributed by atoms with van der Waals surface area (Å²) in [4.78, 5) is 0. The van der Waals surface area contributed by atoms with E-state index in [-0.39, 0.29) is 0 Å². The van der Waals surface area contributed by atoms with Crippen LogP contribution in [0.1, 0.15) is 155 Å². The molecule has 0 unspecified atom stereocenters. The second kappa shape index (κ2) is 23.8. The van der Waals surface area contributed by atoms with E-state index in [0.717, 1.165) is 12.3 Å². The van der Waals surface area contributed by atoms with Gasteiger partial charge in [-0.15, -0.1) is 0 Å².